The van der Waals surface area contributed by atoms with E-state index in [-0.39, 0.29) is 11.9 Å². The molecule has 100 valence electrons. The number of aliphatic hydroxyl groups excluding tert-OH is 1. The minimum atomic E-state index is -0.625. The van der Waals surface area contributed by atoms with E-state index in [1.54, 1.807) is 0 Å². The predicted molar refractivity (Wildman–Crippen MR) is 72.3 cm³/mol. The summed E-state index contributed by atoms with van der Waals surface area (Å²) < 4.78 is 0. The van der Waals surface area contributed by atoms with E-state index in [1.165, 1.54) is 11.3 Å². The van der Waals surface area contributed by atoms with Gasteiger partial charge in [-0.15, -0.1) is 11.3 Å². The Morgan fingerprint density at radius 3 is 2.94 bits per heavy atom. The summed E-state index contributed by atoms with van der Waals surface area (Å²) in [6.45, 7) is 0. The monoisotopic (exact) mass is 268 g/mol. The number of nitrogens with two attached hydrogens (primary N) is 1. The Balaban J connectivity index is 1.93. The molecule has 1 aromatic heterocycles. The number of amides is 1. The van der Waals surface area contributed by atoms with Crippen molar-refractivity contribution in [2.75, 3.05) is 0 Å². The zero-order valence-corrected chi connectivity index (χ0v) is 11.2. The lowest BCUT2D eigenvalue weighted by molar-refractivity contribution is -0.124. The molecule has 2 rings (SSSR count). The summed E-state index contributed by atoms with van der Waals surface area (Å²) in [6.07, 6.45) is 4.37. The molecule has 3 atom stereocenters. The first-order valence-electron chi connectivity index (χ1n) is 6.46. The van der Waals surface area contributed by atoms with Gasteiger partial charge in [0.15, 0.2) is 0 Å². The Bertz CT molecular complexity index is 380. The maximum absolute atomic E-state index is 12.0. The van der Waals surface area contributed by atoms with Crippen molar-refractivity contribution in [3.8, 4) is 0 Å². The van der Waals surface area contributed by atoms with Crippen LogP contribution in [0.15, 0.2) is 17.5 Å². The van der Waals surface area contributed by atoms with E-state index in [0.717, 1.165) is 37.0 Å². The summed E-state index contributed by atoms with van der Waals surface area (Å²) in [4.78, 5) is 12.9. The van der Waals surface area contributed by atoms with Crippen LogP contribution in [0, 0.1) is 0 Å². The molecule has 0 aromatic carbocycles. The quantitative estimate of drug-likeness (QED) is 0.728. The van der Waals surface area contributed by atoms with Crippen LogP contribution in [-0.2, 0) is 4.79 Å². The van der Waals surface area contributed by atoms with Gasteiger partial charge in [-0.1, -0.05) is 25.3 Å². The number of carbonyl (C=O) groups excluding carboxylic acids is 1. The molecule has 1 fully saturated rings. The SMILES string of the molecule is NC(C(=O)NC1CCCCCC1O)c1cccs1. The van der Waals surface area contributed by atoms with Crippen molar-refractivity contribution in [3.05, 3.63) is 22.4 Å². The summed E-state index contributed by atoms with van der Waals surface area (Å²) in [5.74, 6) is -0.191. The summed E-state index contributed by atoms with van der Waals surface area (Å²) in [7, 11) is 0. The van der Waals surface area contributed by atoms with E-state index in [0.29, 0.717) is 0 Å². The highest BCUT2D eigenvalue weighted by atomic mass is 32.1. The van der Waals surface area contributed by atoms with Gasteiger partial charge >= 0.3 is 0 Å². The molecule has 0 radical (unpaired) electrons. The fourth-order valence-corrected chi connectivity index (χ4v) is 3.05. The topological polar surface area (TPSA) is 75.4 Å². The van der Waals surface area contributed by atoms with E-state index in [1.807, 2.05) is 17.5 Å². The number of carbonyl (C=O) groups is 1. The van der Waals surface area contributed by atoms with Gasteiger partial charge in [0, 0.05) is 4.88 Å². The molecule has 1 heterocycles. The van der Waals surface area contributed by atoms with Crippen molar-refractivity contribution < 1.29 is 9.90 Å². The van der Waals surface area contributed by atoms with Gasteiger partial charge in [0.25, 0.3) is 0 Å². The Labute approximate surface area is 111 Å². The molecule has 1 aromatic rings. The third-order valence-corrected chi connectivity index (χ3v) is 4.39. The molecule has 4 N–H and O–H groups in total. The van der Waals surface area contributed by atoms with Crippen LogP contribution in [-0.4, -0.2) is 23.2 Å². The van der Waals surface area contributed by atoms with E-state index < -0.39 is 12.1 Å². The standard InChI is InChI=1S/C13H20N2O2S/c14-12(11-7-4-8-18-11)13(17)15-9-5-2-1-3-6-10(9)16/h4,7-10,12,16H,1-3,5-6,14H2,(H,15,17). The Morgan fingerprint density at radius 2 is 2.22 bits per heavy atom. The molecular weight excluding hydrogens is 248 g/mol. The lowest BCUT2D eigenvalue weighted by Crippen LogP contribution is -2.46. The van der Waals surface area contributed by atoms with Crippen molar-refractivity contribution in [2.24, 2.45) is 5.73 Å². The second-order valence-electron chi connectivity index (χ2n) is 4.81. The zero-order chi connectivity index (χ0) is 13.0. The van der Waals surface area contributed by atoms with Crippen LogP contribution in [0.1, 0.15) is 43.0 Å². The van der Waals surface area contributed by atoms with Gasteiger partial charge in [0.05, 0.1) is 12.1 Å². The van der Waals surface area contributed by atoms with E-state index in [2.05, 4.69) is 5.32 Å². The molecule has 5 heteroatoms. The molecule has 0 spiro atoms. The maximum atomic E-state index is 12.0. The predicted octanol–water partition coefficient (Wildman–Crippen LogP) is 1.56. The number of rotatable bonds is 3. The molecule has 1 amide bonds. The Kier molecular flexibility index (Phi) is 4.74. The van der Waals surface area contributed by atoms with Crippen LogP contribution in [0.3, 0.4) is 0 Å². The number of aliphatic hydroxyl groups is 1. The fraction of sp³-hybridized carbons (Fsp3) is 0.615. The highest BCUT2D eigenvalue weighted by Crippen LogP contribution is 2.20. The first-order valence-corrected chi connectivity index (χ1v) is 7.34. The van der Waals surface area contributed by atoms with Gasteiger partial charge in [-0.05, 0) is 24.3 Å². The first kappa shape index (κ1) is 13.5. The summed E-state index contributed by atoms with van der Waals surface area (Å²) in [5, 5.41) is 14.8. The molecule has 1 saturated carbocycles. The van der Waals surface area contributed by atoms with E-state index in [9.17, 15) is 9.90 Å². The smallest absolute Gasteiger partial charge is 0.242 e. The second-order valence-corrected chi connectivity index (χ2v) is 5.79. The van der Waals surface area contributed by atoms with Crippen LogP contribution in [0.5, 0.6) is 0 Å². The van der Waals surface area contributed by atoms with Crippen molar-refractivity contribution in [3.63, 3.8) is 0 Å². The first-order chi connectivity index (χ1) is 8.68. The van der Waals surface area contributed by atoms with Crippen molar-refractivity contribution >= 4 is 17.2 Å². The van der Waals surface area contributed by atoms with Gasteiger partial charge in [-0.25, -0.2) is 0 Å². The molecule has 4 nitrogen and oxygen atoms in total. The third kappa shape index (κ3) is 3.31. The van der Waals surface area contributed by atoms with Gasteiger partial charge in [-0.3, -0.25) is 4.79 Å². The third-order valence-electron chi connectivity index (χ3n) is 3.44. The number of hydrogen-bond acceptors (Lipinski definition) is 4. The summed E-state index contributed by atoms with van der Waals surface area (Å²) in [6, 6.07) is 2.97. The van der Waals surface area contributed by atoms with Gasteiger partial charge in [0.2, 0.25) is 5.91 Å². The number of hydrogen-bond donors (Lipinski definition) is 3. The normalized spacial score (nSPS) is 26.3. The van der Waals surface area contributed by atoms with Gasteiger partial charge in [0.1, 0.15) is 6.04 Å². The number of thiophene rings is 1. The molecule has 1 aliphatic rings. The minimum Gasteiger partial charge on any atom is -0.391 e. The number of nitrogens with one attached hydrogen (secondary N) is 1. The Morgan fingerprint density at radius 1 is 1.44 bits per heavy atom. The summed E-state index contributed by atoms with van der Waals surface area (Å²) >= 11 is 1.48. The van der Waals surface area contributed by atoms with Crippen LogP contribution < -0.4 is 11.1 Å². The zero-order valence-electron chi connectivity index (χ0n) is 10.3. The molecule has 1 aliphatic carbocycles. The second kappa shape index (κ2) is 6.31. The highest BCUT2D eigenvalue weighted by Gasteiger charge is 2.26. The van der Waals surface area contributed by atoms with E-state index >= 15 is 0 Å². The van der Waals surface area contributed by atoms with Crippen molar-refractivity contribution in [1.82, 2.24) is 5.32 Å². The lowest BCUT2D eigenvalue weighted by Gasteiger charge is -2.23. The molecular formula is C13H20N2O2S. The average molecular weight is 268 g/mol. The maximum Gasteiger partial charge on any atom is 0.242 e. The van der Waals surface area contributed by atoms with Crippen LogP contribution >= 0.6 is 11.3 Å². The molecule has 18 heavy (non-hydrogen) atoms. The minimum absolute atomic E-state index is 0.147. The molecule has 3 unspecified atom stereocenters. The summed E-state index contributed by atoms with van der Waals surface area (Å²) in [5.41, 5.74) is 5.90. The van der Waals surface area contributed by atoms with Gasteiger partial charge in [-0.2, -0.15) is 0 Å². The molecule has 0 bridgehead atoms. The highest BCUT2D eigenvalue weighted by molar-refractivity contribution is 7.10. The average Bonchev–Trinajstić information content (AvgIpc) is 2.82. The van der Waals surface area contributed by atoms with Crippen molar-refractivity contribution in [1.29, 1.82) is 0 Å². The van der Waals surface area contributed by atoms with Crippen molar-refractivity contribution in [2.45, 2.75) is 50.3 Å². The lowest BCUT2D eigenvalue weighted by atomic mass is 10.1. The van der Waals surface area contributed by atoms with Crippen LogP contribution in [0.25, 0.3) is 0 Å². The Hall–Kier alpha value is -0.910. The van der Waals surface area contributed by atoms with E-state index in [4.69, 9.17) is 5.73 Å². The fourth-order valence-electron chi connectivity index (χ4n) is 2.33. The van der Waals surface area contributed by atoms with Crippen LogP contribution in [0.2, 0.25) is 0 Å². The van der Waals surface area contributed by atoms with Crippen LogP contribution in [0.4, 0.5) is 0 Å². The molecule has 0 aliphatic heterocycles. The largest absolute Gasteiger partial charge is 0.391 e. The molecule has 0 saturated heterocycles. The van der Waals surface area contributed by atoms with Gasteiger partial charge < -0.3 is 16.2 Å².